The first kappa shape index (κ1) is 18.3. The highest BCUT2D eigenvalue weighted by molar-refractivity contribution is 5.96. The van der Waals surface area contributed by atoms with Gasteiger partial charge in [-0.25, -0.2) is 0 Å². The molecule has 0 amide bonds. The van der Waals surface area contributed by atoms with Crippen molar-refractivity contribution < 1.29 is 9.59 Å². The molecule has 0 saturated heterocycles. The van der Waals surface area contributed by atoms with E-state index in [4.69, 9.17) is 0 Å². The molecule has 2 heteroatoms. The fraction of sp³-hybridized carbons (Fsp3) is 0.500. The maximum Gasteiger partial charge on any atom is 0.158 e. The van der Waals surface area contributed by atoms with Gasteiger partial charge in [0.25, 0.3) is 0 Å². The Morgan fingerprint density at radius 3 is 1.41 bits per heavy atom. The second-order valence-corrected chi connectivity index (χ2v) is 6.59. The van der Waals surface area contributed by atoms with Crippen LogP contribution in [0.4, 0.5) is 0 Å². The number of carbonyl (C=O) groups is 2. The van der Waals surface area contributed by atoms with Crippen LogP contribution in [0.15, 0.2) is 47.6 Å². The molecule has 0 fully saturated rings. The lowest BCUT2D eigenvalue weighted by molar-refractivity contribution is -0.117. The molecule has 2 rings (SSSR count). The van der Waals surface area contributed by atoms with Gasteiger partial charge < -0.3 is 0 Å². The second kappa shape index (κ2) is 8.07. The Labute approximate surface area is 134 Å². The zero-order valence-electron chi connectivity index (χ0n) is 14.4. The summed E-state index contributed by atoms with van der Waals surface area (Å²) in [5, 5.41) is 0. The fourth-order valence-corrected chi connectivity index (χ4v) is 2.55. The van der Waals surface area contributed by atoms with Gasteiger partial charge in [0.05, 0.1) is 0 Å². The van der Waals surface area contributed by atoms with E-state index in [1.807, 2.05) is 39.8 Å². The lowest BCUT2D eigenvalue weighted by atomic mass is 9.85. The third-order valence-corrected chi connectivity index (χ3v) is 4.55. The van der Waals surface area contributed by atoms with Gasteiger partial charge in [-0.2, -0.15) is 0 Å². The van der Waals surface area contributed by atoms with Crippen molar-refractivity contribution in [3.63, 3.8) is 0 Å². The maximum absolute atomic E-state index is 11.2. The molecule has 2 aliphatic rings. The van der Waals surface area contributed by atoms with Crippen molar-refractivity contribution in [2.75, 3.05) is 0 Å². The van der Waals surface area contributed by atoms with Gasteiger partial charge in [0.15, 0.2) is 11.6 Å². The van der Waals surface area contributed by atoms with Crippen LogP contribution in [-0.4, -0.2) is 11.6 Å². The summed E-state index contributed by atoms with van der Waals surface area (Å²) in [7, 11) is 0. The molecule has 2 aliphatic carbocycles. The van der Waals surface area contributed by atoms with Crippen molar-refractivity contribution in [2.24, 2.45) is 11.8 Å². The van der Waals surface area contributed by atoms with E-state index in [0.717, 1.165) is 35.1 Å². The molecule has 0 radical (unpaired) electrons. The average molecular weight is 300 g/mol. The number of ketones is 2. The maximum atomic E-state index is 11.2. The first-order chi connectivity index (χ1) is 10.2. The minimum atomic E-state index is 0.282. The van der Waals surface area contributed by atoms with Gasteiger partial charge in [-0.05, 0) is 63.5 Å². The van der Waals surface area contributed by atoms with E-state index in [-0.39, 0.29) is 11.6 Å². The highest BCUT2D eigenvalue weighted by Crippen LogP contribution is 2.26. The number of carbonyl (C=O) groups excluding carboxylic acids is 2. The Morgan fingerprint density at radius 1 is 0.864 bits per heavy atom. The number of rotatable bonds is 2. The average Bonchev–Trinajstić information content (AvgIpc) is 2.45. The third-order valence-electron chi connectivity index (χ3n) is 4.55. The van der Waals surface area contributed by atoms with Crippen LogP contribution in [0.3, 0.4) is 0 Å². The lowest BCUT2D eigenvalue weighted by Crippen LogP contribution is -2.14. The topological polar surface area (TPSA) is 34.1 Å². The quantitative estimate of drug-likeness (QED) is 0.674. The summed E-state index contributed by atoms with van der Waals surface area (Å²) in [4.78, 5) is 22.4. The summed E-state index contributed by atoms with van der Waals surface area (Å²) in [6, 6.07) is 0. The summed E-state index contributed by atoms with van der Waals surface area (Å²) >= 11 is 0. The van der Waals surface area contributed by atoms with Gasteiger partial charge in [0.1, 0.15) is 0 Å². The first-order valence-corrected chi connectivity index (χ1v) is 7.93. The monoisotopic (exact) mass is 300 g/mol. The van der Waals surface area contributed by atoms with E-state index in [2.05, 4.69) is 13.2 Å². The fourth-order valence-electron chi connectivity index (χ4n) is 2.55. The van der Waals surface area contributed by atoms with Crippen molar-refractivity contribution >= 4 is 11.6 Å². The highest BCUT2D eigenvalue weighted by atomic mass is 16.1. The Bertz CT molecular complexity index is 496. The van der Waals surface area contributed by atoms with Gasteiger partial charge in [0, 0.05) is 12.8 Å². The Hall–Kier alpha value is -1.70. The van der Waals surface area contributed by atoms with Crippen LogP contribution in [0.5, 0.6) is 0 Å². The Morgan fingerprint density at radius 2 is 1.18 bits per heavy atom. The first-order valence-electron chi connectivity index (χ1n) is 7.93. The van der Waals surface area contributed by atoms with Crippen LogP contribution < -0.4 is 0 Å². The molecule has 120 valence electrons. The zero-order valence-corrected chi connectivity index (χ0v) is 14.4. The van der Waals surface area contributed by atoms with Gasteiger partial charge in [-0.3, -0.25) is 9.59 Å². The molecule has 0 N–H and O–H groups in total. The molecule has 0 aliphatic heterocycles. The van der Waals surface area contributed by atoms with Crippen molar-refractivity contribution in [3.05, 3.63) is 47.6 Å². The minimum Gasteiger partial charge on any atom is -0.295 e. The molecule has 0 bridgehead atoms. The molecule has 2 nitrogen and oxygen atoms in total. The summed E-state index contributed by atoms with van der Waals surface area (Å²) in [5.74, 6) is 1.35. The van der Waals surface area contributed by atoms with E-state index in [1.54, 1.807) is 0 Å². The Balaban J connectivity index is 0.000000220. The van der Waals surface area contributed by atoms with E-state index in [1.165, 1.54) is 0 Å². The van der Waals surface area contributed by atoms with Crippen molar-refractivity contribution in [1.29, 1.82) is 0 Å². The predicted octanol–water partition coefficient (Wildman–Crippen LogP) is 4.98. The molecule has 0 saturated carbocycles. The van der Waals surface area contributed by atoms with E-state index in [0.29, 0.717) is 24.7 Å². The van der Waals surface area contributed by atoms with Gasteiger partial charge in [-0.1, -0.05) is 36.5 Å². The van der Waals surface area contributed by atoms with Crippen molar-refractivity contribution in [2.45, 2.75) is 53.4 Å². The molecular weight excluding hydrogens is 272 g/mol. The highest BCUT2D eigenvalue weighted by Gasteiger charge is 2.19. The molecule has 0 aromatic heterocycles. The van der Waals surface area contributed by atoms with Crippen LogP contribution >= 0.6 is 0 Å². The minimum absolute atomic E-state index is 0.282. The molecule has 0 spiro atoms. The number of allylic oxidation sites excluding steroid dienone is 6. The number of hydrogen-bond donors (Lipinski definition) is 0. The third kappa shape index (κ3) is 5.25. The van der Waals surface area contributed by atoms with Gasteiger partial charge in [-0.15, -0.1) is 0 Å². The molecule has 2 atom stereocenters. The van der Waals surface area contributed by atoms with Gasteiger partial charge >= 0.3 is 0 Å². The number of Topliss-reactive ketones (excluding diaryl/α,β-unsaturated/α-hetero) is 2. The molecule has 0 heterocycles. The molecule has 0 unspecified atom stereocenters. The summed E-state index contributed by atoms with van der Waals surface area (Å²) < 4.78 is 0. The van der Waals surface area contributed by atoms with E-state index < -0.39 is 0 Å². The van der Waals surface area contributed by atoms with Gasteiger partial charge in [0.2, 0.25) is 0 Å². The zero-order chi connectivity index (χ0) is 16.9. The smallest absolute Gasteiger partial charge is 0.158 e. The lowest BCUT2D eigenvalue weighted by Gasteiger charge is -2.18. The molecule has 0 aromatic carbocycles. The molecule has 0 aromatic rings. The van der Waals surface area contributed by atoms with Crippen LogP contribution in [0.1, 0.15) is 53.4 Å². The van der Waals surface area contributed by atoms with E-state index >= 15 is 0 Å². The van der Waals surface area contributed by atoms with Crippen molar-refractivity contribution in [3.8, 4) is 0 Å². The predicted molar refractivity (Wildman–Crippen MR) is 92.6 cm³/mol. The largest absolute Gasteiger partial charge is 0.295 e. The normalized spacial score (nSPS) is 24.7. The SMILES string of the molecule is C=C(C)[C@@H]1CC=C(C)C(=O)C1.C=C(C)[C@H]1CC=C(C)C(=O)C1. The number of hydrogen-bond acceptors (Lipinski definition) is 2. The van der Waals surface area contributed by atoms with Crippen LogP contribution in [0.25, 0.3) is 0 Å². The van der Waals surface area contributed by atoms with E-state index in [9.17, 15) is 9.59 Å². The standard InChI is InChI=1S/2C10H14O/c2*1-7(2)9-5-4-8(3)10(11)6-9/h2*4,9H,1,5-6H2,2-3H3/t2*9-/m10/s1. The molecule has 22 heavy (non-hydrogen) atoms. The van der Waals surface area contributed by atoms with Crippen molar-refractivity contribution in [1.82, 2.24) is 0 Å². The Kier molecular flexibility index (Phi) is 6.73. The summed E-state index contributed by atoms with van der Waals surface area (Å²) in [6.45, 7) is 15.5. The summed E-state index contributed by atoms with van der Waals surface area (Å²) in [5.41, 5.74) is 4.09. The summed E-state index contributed by atoms with van der Waals surface area (Å²) in [6.07, 6.45) is 7.35. The van der Waals surface area contributed by atoms with Crippen LogP contribution in [0.2, 0.25) is 0 Å². The second-order valence-electron chi connectivity index (χ2n) is 6.59. The van der Waals surface area contributed by atoms with Crippen LogP contribution in [-0.2, 0) is 9.59 Å². The molecular formula is C20H28O2. The van der Waals surface area contributed by atoms with Crippen LogP contribution in [0, 0.1) is 11.8 Å².